The Morgan fingerprint density at radius 3 is 2.52 bits per heavy atom. The second kappa shape index (κ2) is 7.97. The maximum Gasteiger partial charge on any atom is 0.416 e. The summed E-state index contributed by atoms with van der Waals surface area (Å²) in [7, 11) is 0. The van der Waals surface area contributed by atoms with Gasteiger partial charge in [-0.15, -0.1) is 0 Å². The summed E-state index contributed by atoms with van der Waals surface area (Å²) < 4.78 is 50.7. The predicted molar refractivity (Wildman–Crippen MR) is 71.0 cm³/mol. The Morgan fingerprint density at radius 1 is 1.19 bits per heavy atom. The molecule has 0 radical (unpaired) electrons. The molecule has 0 atom stereocenters. The zero-order valence-corrected chi connectivity index (χ0v) is 11.7. The molecule has 1 amide bonds. The minimum absolute atomic E-state index is 0.0713. The molecule has 1 aromatic rings. The summed E-state index contributed by atoms with van der Waals surface area (Å²) in [4.78, 5) is 11.3. The monoisotopic (exact) mass is 306 g/mol. The van der Waals surface area contributed by atoms with Gasteiger partial charge in [0.05, 0.1) is 5.56 Å². The van der Waals surface area contributed by atoms with Crippen LogP contribution in [0.25, 0.3) is 0 Å². The molecular formula is C14H18F4N2O. The van der Waals surface area contributed by atoms with Crippen LogP contribution >= 0.6 is 0 Å². The summed E-state index contributed by atoms with van der Waals surface area (Å²) in [6.45, 7) is 2.91. The molecule has 0 bridgehead atoms. The molecule has 0 aliphatic rings. The number of carbonyl (C=O) groups excluding carboxylic acids is 1. The smallest absolute Gasteiger partial charge is 0.356 e. The topological polar surface area (TPSA) is 41.1 Å². The third-order valence-corrected chi connectivity index (χ3v) is 2.72. The van der Waals surface area contributed by atoms with E-state index in [0.29, 0.717) is 19.2 Å². The number of nitrogens with one attached hydrogen (secondary N) is 2. The van der Waals surface area contributed by atoms with Crippen LogP contribution in [-0.2, 0) is 17.5 Å². The largest absolute Gasteiger partial charge is 0.416 e. The molecule has 7 heteroatoms. The first-order chi connectivity index (χ1) is 9.82. The Bertz CT molecular complexity index is 475. The summed E-state index contributed by atoms with van der Waals surface area (Å²) in [6, 6.07) is 2.40. The molecule has 2 N–H and O–H groups in total. The summed E-state index contributed by atoms with van der Waals surface area (Å²) in [6.07, 6.45) is -3.51. The fraction of sp³-hybridized carbons (Fsp3) is 0.500. The number of rotatable bonds is 7. The van der Waals surface area contributed by atoms with Gasteiger partial charge in [-0.3, -0.25) is 4.79 Å². The molecule has 0 heterocycles. The number of hydrogen-bond acceptors (Lipinski definition) is 2. The average molecular weight is 306 g/mol. The lowest BCUT2D eigenvalue weighted by atomic mass is 10.1. The maximum atomic E-state index is 13.1. The highest BCUT2D eigenvalue weighted by molar-refractivity contribution is 5.75. The highest BCUT2D eigenvalue weighted by atomic mass is 19.4. The standard InChI is InChI=1S/C14H18F4N2O/c1-2-4-20-13(21)3-5-19-9-10-6-11(14(16,17)18)8-12(15)7-10/h6-8,19H,2-5,9H2,1H3,(H,20,21). The quantitative estimate of drug-likeness (QED) is 0.601. The van der Waals surface area contributed by atoms with E-state index in [4.69, 9.17) is 0 Å². The van der Waals surface area contributed by atoms with Gasteiger partial charge < -0.3 is 10.6 Å². The van der Waals surface area contributed by atoms with Gasteiger partial charge in [0.25, 0.3) is 0 Å². The minimum Gasteiger partial charge on any atom is -0.356 e. The molecule has 0 aliphatic carbocycles. The first-order valence-corrected chi connectivity index (χ1v) is 6.67. The summed E-state index contributed by atoms with van der Waals surface area (Å²) in [5, 5.41) is 5.50. The lowest BCUT2D eigenvalue weighted by molar-refractivity contribution is -0.137. The van der Waals surface area contributed by atoms with E-state index >= 15 is 0 Å². The zero-order chi connectivity index (χ0) is 15.9. The van der Waals surface area contributed by atoms with Crippen molar-refractivity contribution >= 4 is 5.91 Å². The van der Waals surface area contributed by atoms with Crippen LogP contribution in [-0.4, -0.2) is 19.0 Å². The number of hydrogen-bond donors (Lipinski definition) is 2. The van der Waals surface area contributed by atoms with Gasteiger partial charge >= 0.3 is 6.18 Å². The highest BCUT2D eigenvalue weighted by Gasteiger charge is 2.31. The number of halogens is 4. The molecule has 0 spiro atoms. The molecule has 118 valence electrons. The van der Waals surface area contributed by atoms with E-state index in [1.807, 2.05) is 6.92 Å². The predicted octanol–water partition coefficient (Wildman–Crippen LogP) is 2.85. The molecule has 0 aromatic heterocycles. The average Bonchev–Trinajstić information content (AvgIpc) is 2.40. The van der Waals surface area contributed by atoms with E-state index in [2.05, 4.69) is 10.6 Å². The van der Waals surface area contributed by atoms with Crippen LogP contribution in [0.5, 0.6) is 0 Å². The maximum absolute atomic E-state index is 13.1. The van der Waals surface area contributed by atoms with Crippen LogP contribution in [0.3, 0.4) is 0 Å². The van der Waals surface area contributed by atoms with Crippen LogP contribution in [0.4, 0.5) is 17.6 Å². The number of alkyl halides is 3. The van der Waals surface area contributed by atoms with Gasteiger partial charge in [0.15, 0.2) is 0 Å². The van der Waals surface area contributed by atoms with E-state index in [1.54, 1.807) is 0 Å². The normalized spacial score (nSPS) is 11.5. The lowest BCUT2D eigenvalue weighted by Crippen LogP contribution is -2.28. The molecule has 0 saturated heterocycles. The third-order valence-electron chi connectivity index (χ3n) is 2.72. The Balaban J connectivity index is 2.45. The molecule has 0 aliphatic heterocycles. The molecular weight excluding hydrogens is 288 g/mol. The second-order valence-electron chi connectivity index (χ2n) is 4.62. The van der Waals surface area contributed by atoms with Crippen LogP contribution in [0.15, 0.2) is 18.2 Å². The Labute approximate surface area is 120 Å². The molecule has 0 fully saturated rings. The van der Waals surface area contributed by atoms with Crippen molar-refractivity contribution in [3.8, 4) is 0 Å². The number of benzene rings is 1. The number of carbonyl (C=O) groups is 1. The van der Waals surface area contributed by atoms with Gasteiger partial charge in [0.2, 0.25) is 5.91 Å². The molecule has 3 nitrogen and oxygen atoms in total. The summed E-state index contributed by atoms with van der Waals surface area (Å²) in [5.74, 6) is -1.05. The van der Waals surface area contributed by atoms with E-state index in [9.17, 15) is 22.4 Å². The third kappa shape index (κ3) is 6.57. The molecule has 1 rings (SSSR count). The van der Waals surface area contributed by atoms with Crippen molar-refractivity contribution < 1.29 is 22.4 Å². The first-order valence-electron chi connectivity index (χ1n) is 6.67. The molecule has 0 unspecified atom stereocenters. The molecule has 0 saturated carbocycles. The van der Waals surface area contributed by atoms with Gasteiger partial charge in [-0.05, 0) is 30.2 Å². The van der Waals surface area contributed by atoms with Crippen molar-refractivity contribution in [1.29, 1.82) is 0 Å². The number of amides is 1. The van der Waals surface area contributed by atoms with E-state index in [1.165, 1.54) is 0 Å². The fourth-order valence-electron chi connectivity index (χ4n) is 1.70. The molecule has 1 aromatic carbocycles. The van der Waals surface area contributed by atoms with Crippen molar-refractivity contribution in [2.24, 2.45) is 0 Å². The molecule has 21 heavy (non-hydrogen) atoms. The van der Waals surface area contributed by atoms with E-state index in [-0.39, 0.29) is 24.4 Å². The van der Waals surface area contributed by atoms with E-state index < -0.39 is 17.6 Å². The SMILES string of the molecule is CCCNC(=O)CCNCc1cc(F)cc(C(F)(F)F)c1. The fourth-order valence-corrected chi connectivity index (χ4v) is 1.70. The highest BCUT2D eigenvalue weighted by Crippen LogP contribution is 2.30. The van der Waals surface area contributed by atoms with Gasteiger partial charge in [-0.2, -0.15) is 13.2 Å². The Morgan fingerprint density at radius 2 is 1.90 bits per heavy atom. The van der Waals surface area contributed by atoms with Crippen molar-refractivity contribution in [2.45, 2.75) is 32.5 Å². The first kappa shape index (κ1) is 17.4. The van der Waals surface area contributed by atoms with Gasteiger partial charge in [0.1, 0.15) is 5.82 Å². The summed E-state index contributed by atoms with van der Waals surface area (Å²) >= 11 is 0. The van der Waals surface area contributed by atoms with Gasteiger partial charge in [-0.25, -0.2) is 4.39 Å². The van der Waals surface area contributed by atoms with E-state index in [0.717, 1.165) is 18.6 Å². The Hall–Kier alpha value is -1.63. The minimum atomic E-state index is -4.57. The van der Waals surface area contributed by atoms with Crippen molar-refractivity contribution in [3.05, 3.63) is 35.1 Å². The van der Waals surface area contributed by atoms with Gasteiger partial charge in [-0.1, -0.05) is 6.92 Å². The van der Waals surface area contributed by atoms with Crippen LogP contribution < -0.4 is 10.6 Å². The van der Waals surface area contributed by atoms with Crippen LogP contribution in [0.2, 0.25) is 0 Å². The summed E-state index contributed by atoms with van der Waals surface area (Å²) in [5.41, 5.74) is -0.823. The van der Waals surface area contributed by atoms with Crippen LogP contribution in [0, 0.1) is 5.82 Å². The zero-order valence-electron chi connectivity index (χ0n) is 11.7. The van der Waals surface area contributed by atoms with Crippen molar-refractivity contribution in [2.75, 3.05) is 13.1 Å². The Kier molecular flexibility index (Phi) is 6.61. The van der Waals surface area contributed by atoms with Crippen molar-refractivity contribution in [1.82, 2.24) is 10.6 Å². The second-order valence-corrected chi connectivity index (χ2v) is 4.62. The lowest BCUT2D eigenvalue weighted by Gasteiger charge is -2.10. The van der Waals surface area contributed by atoms with Crippen LogP contribution in [0.1, 0.15) is 30.9 Å². The van der Waals surface area contributed by atoms with Gasteiger partial charge in [0, 0.05) is 26.1 Å². The van der Waals surface area contributed by atoms with Crippen molar-refractivity contribution in [3.63, 3.8) is 0 Å².